The van der Waals surface area contributed by atoms with Gasteiger partial charge in [-0.15, -0.1) is 0 Å². The zero-order chi connectivity index (χ0) is 13.5. The third-order valence-electron chi connectivity index (χ3n) is 2.40. The Kier molecular flexibility index (Phi) is 5.28. The van der Waals surface area contributed by atoms with E-state index in [1.165, 1.54) is 13.3 Å². The van der Waals surface area contributed by atoms with Gasteiger partial charge in [-0.3, -0.25) is 20.2 Å². The fraction of sp³-hybridized carbons (Fsp3) is 0.500. The molecule has 100 valence electrons. The second kappa shape index (κ2) is 6.72. The van der Waals surface area contributed by atoms with Gasteiger partial charge in [0.1, 0.15) is 12.1 Å². The summed E-state index contributed by atoms with van der Waals surface area (Å²) in [4.78, 5) is 28.1. The number of hydrogen-bond acceptors (Lipinski definition) is 5. The van der Waals surface area contributed by atoms with Gasteiger partial charge in [-0.25, -0.2) is 4.98 Å². The minimum atomic E-state index is -1.01. The zero-order valence-corrected chi connectivity index (χ0v) is 9.88. The predicted molar refractivity (Wildman–Crippen MR) is 62.0 cm³/mol. The molecule has 18 heavy (non-hydrogen) atoms. The first kappa shape index (κ1) is 14.1. The summed E-state index contributed by atoms with van der Waals surface area (Å²) in [5.41, 5.74) is 0.696. The van der Waals surface area contributed by atoms with Gasteiger partial charge in [0.15, 0.2) is 0 Å². The standard InChI is InChI=1S/C10H16N4O4/c1-6(9(15)16)12-5-14-8(10(17)18)2-7-3-11-4-13-7/h3-4,6,8,12,14H,2,5H2,1H3,(H,11,13)(H,15,16)(H,17,18). The summed E-state index contributed by atoms with van der Waals surface area (Å²) >= 11 is 0. The molecule has 1 heterocycles. The van der Waals surface area contributed by atoms with Crippen LogP contribution < -0.4 is 10.6 Å². The molecule has 0 aliphatic heterocycles. The van der Waals surface area contributed by atoms with Crippen LogP contribution >= 0.6 is 0 Å². The van der Waals surface area contributed by atoms with Crippen molar-refractivity contribution in [3.8, 4) is 0 Å². The van der Waals surface area contributed by atoms with E-state index in [1.54, 1.807) is 6.20 Å². The minimum Gasteiger partial charge on any atom is -0.480 e. The third kappa shape index (κ3) is 4.52. The largest absolute Gasteiger partial charge is 0.480 e. The summed E-state index contributed by atoms with van der Waals surface area (Å²) in [5, 5.41) is 23.0. The minimum absolute atomic E-state index is 0.0958. The highest BCUT2D eigenvalue weighted by Crippen LogP contribution is 1.98. The number of rotatable bonds is 8. The van der Waals surface area contributed by atoms with Crippen molar-refractivity contribution in [2.24, 2.45) is 0 Å². The van der Waals surface area contributed by atoms with Crippen LogP contribution in [0.15, 0.2) is 12.5 Å². The van der Waals surface area contributed by atoms with Crippen molar-refractivity contribution in [1.82, 2.24) is 20.6 Å². The summed E-state index contributed by atoms with van der Waals surface area (Å²) < 4.78 is 0. The number of nitrogens with zero attached hydrogens (tertiary/aromatic N) is 1. The van der Waals surface area contributed by atoms with Crippen molar-refractivity contribution in [3.63, 3.8) is 0 Å². The number of aliphatic carboxylic acids is 2. The SMILES string of the molecule is CC(NCNC(Cc1cnc[nH]1)C(=O)O)C(=O)O. The van der Waals surface area contributed by atoms with Gasteiger partial charge in [0.25, 0.3) is 0 Å². The summed E-state index contributed by atoms with van der Waals surface area (Å²) in [7, 11) is 0. The van der Waals surface area contributed by atoms with E-state index in [4.69, 9.17) is 10.2 Å². The van der Waals surface area contributed by atoms with E-state index in [1.807, 2.05) is 0 Å². The number of carboxylic acid groups (broad SMARTS) is 2. The highest BCUT2D eigenvalue weighted by molar-refractivity contribution is 5.74. The van der Waals surface area contributed by atoms with Gasteiger partial charge in [-0.1, -0.05) is 0 Å². The molecule has 5 N–H and O–H groups in total. The van der Waals surface area contributed by atoms with Crippen molar-refractivity contribution in [2.45, 2.75) is 25.4 Å². The second-order valence-electron chi connectivity index (χ2n) is 3.82. The smallest absolute Gasteiger partial charge is 0.321 e. The van der Waals surface area contributed by atoms with E-state index in [9.17, 15) is 9.59 Å². The van der Waals surface area contributed by atoms with Crippen LogP contribution in [0.25, 0.3) is 0 Å². The van der Waals surface area contributed by atoms with Gasteiger partial charge < -0.3 is 15.2 Å². The van der Waals surface area contributed by atoms with Crippen molar-refractivity contribution in [3.05, 3.63) is 18.2 Å². The van der Waals surface area contributed by atoms with Crippen molar-refractivity contribution >= 4 is 11.9 Å². The molecule has 1 aromatic heterocycles. The average Bonchev–Trinajstić information content (AvgIpc) is 2.79. The molecule has 1 aromatic rings. The van der Waals surface area contributed by atoms with Crippen molar-refractivity contribution in [1.29, 1.82) is 0 Å². The van der Waals surface area contributed by atoms with Crippen LogP contribution in [-0.4, -0.2) is 50.9 Å². The van der Waals surface area contributed by atoms with Crippen LogP contribution in [0.3, 0.4) is 0 Å². The Morgan fingerprint density at radius 2 is 2.11 bits per heavy atom. The lowest BCUT2D eigenvalue weighted by Crippen LogP contribution is -2.47. The van der Waals surface area contributed by atoms with Crippen molar-refractivity contribution in [2.75, 3.05) is 6.67 Å². The number of carboxylic acids is 2. The molecule has 0 saturated heterocycles. The molecule has 2 unspecified atom stereocenters. The Bertz CT molecular complexity index is 393. The number of imidazole rings is 1. The highest BCUT2D eigenvalue weighted by Gasteiger charge is 2.18. The van der Waals surface area contributed by atoms with Crippen LogP contribution in [0.2, 0.25) is 0 Å². The van der Waals surface area contributed by atoms with E-state index in [2.05, 4.69) is 20.6 Å². The molecule has 0 spiro atoms. The first-order valence-corrected chi connectivity index (χ1v) is 5.40. The van der Waals surface area contributed by atoms with Gasteiger partial charge in [0, 0.05) is 25.0 Å². The number of H-pyrrole nitrogens is 1. The van der Waals surface area contributed by atoms with Gasteiger partial charge in [-0.2, -0.15) is 0 Å². The molecule has 0 aliphatic rings. The molecule has 0 saturated carbocycles. The number of carbonyl (C=O) groups is 2. The van der Waals surface area contributed by atoms with Gasteiger partial charge in [0.2, 0.25) is 0 Å². The summed E-state index contributed by atoms with van der Waals surface area (Å²) in [6.07, 6.45) is 3.27. The molecule has 0 aromatic carbocycles. The quantitative estimate of drug-likeness (QED) is 0.378. The lowest BCUT2D eigenvalue weighted by atomic mass is 10.2. The van der Waals surface area contributed by atoms with E-state index >= 15 is 0 Å². The Morgan fingerprint density at radius 1 is 1.39 bits per heavy atom. The molecule has 0 aliphatic carbocycles. The number of aromatic nitrogens is 2. The Balaban J connectivity index is 2.39. The number of aromatic amines is 1. The van der Waals surface area contributed by atoms with Crippen LogP contribution in [-0.2, 0) is 16.0 Å². The molecule has 0 radical (unpaired) electrons. The zero-order valence-electron chi connectivity index (χ0n) is 9.88. The Morgan fingerprint density at radius 3 is 2.61 bits per heavy atom. The first-order valence-electron chi connectivity index (χ1n) is 5.40. The van der Waals surface area contributed by atoms with E-state index < -0.39 is 24.0 Å². The van der Waals surface area contributed by atoms with Gasteiger partial charge in [-0.05, 0) is 6.92 Å². The number of nitrogens with one attached hydrogen (secondary N) is 3. The molecule has 0 amide bonds. The van der Waals surface area contributed by atoms with Crippen LogP contribution in [0.1, 0.15) is 12.6 Å². The Hall–Kier alpha value is -1.93. The topological polar surface area (TPSA) is 127 Å². The molecule has 1 rings (SSSR count). The summed E-state index contributed by atoms with van der Waals surface area (Å²) in [6, 6.07) is -1.54. The van der Waals surface area contributed by atoms with Gasteiger partial charge in [0.05, 0.1) is 6.33 Å². The fourth-order valence-electron chi connectivity index (χ4n) is 1.29. The molecule has 0 fully saturated rings. The molecule has 8 nitrogen and oxygen atoms in total. The molecular weight excluding hydrogens is 240 g/mol. The van der Waals surface area contributed by atoms with Crippen LogP contribution in [0.5, 0.6) is 0 Å². The fourth-order valence-corrected chi connectivity index (χ4v) is 1.29. The van der Waals surface area contributed by atoms with E-state index in [0.717, 1.165) is 0 Å². The molecular formula is C10H16N4O4. The third-order valence-corrected chi connectivity index (χ3v) is 2.40. The van der Waals surface area contributed by atoms with Crippen molar-refractivity contribution < 1.29 is 19.8 Å². The maximum Gasteiger partial charge on any atom is 0.321 e. The highest BCUT2D eigenvalue weighted by atomic mass is 16.4. The maximum atomic E-state index is 11.0. The first-order chi connectivity index (χ1) is 8.50. The second-order valence-corrected chi connectivity index (χ2v) is 3.82. The normalized spacial score (nSPS) is 14.1. The van der Waals surface area contributed by atoms with E-state index in [0.29, 0.717) is 5.69 Å². The summed E-state index contributed by atoms with van der Waals surface area (Å²) in [6.45, 7) is 1.58. The van der Waals surface area contributed by atoms with Crippen LogP contribution in [0, 0.1) is 0 Å². The average molecular weight is 256 g/mol. The van der Waals surface area contributed by atoms with E-state index in [-0.39, 0.29) is 13.1 Å². The lowest BCUT2D eigenvalue weighted by Gasteiger charge is -2.15. The van der Waals surface area contributed by atoms with Gasteiger partial charge >= 0.3 is 11.9 Å². The molecule has 0 bridgehead atoms. The van der Waals surface area contributed by atoms with Crippen LogP contribution in [0.4, 0.5) is 0 Å². The Labute approximate surface area is 103 Å². The lowest BCUT2D eigenvalue weighted by molar-refractivity contribution is -0.139. The monoisotopic (exact) mass is 256 g/mol. The molecule has 2 atom stereocenters. The summed E-state index contributed by atoms with van der Waals surface area (Å²) in [5.74, 6) is -1.99. The molecule has 8 heteroatoms. The number of hydrogen-bond donors (Lipinski definition) is 5. The predicted octanol–water partition coefficient (Wildman–Crippen LogP) is -0.985. The maximum absolute atomic E-state index is 11.0.